The smallest absolute Gasteiger partial charge is 0.337 e. The molecule has 2 N–H and O–H groups in total. The summed E-state index contributed by atoms with van der Waals surface area (Å²) >= 11 is 6.22. The normalized spacial score (nSPS) is 13.2. The lowest BCUT2D eigenvalue weighted by atomic mass is 10.1. The molecule has 1 aliphatic rings. The number of carbonyl (C=O) groups is 4. The van der Waals surface area contributed by atoms with E-state index in [-0.39, 0.29) is 27.9 Å². The van der Waals surface area contributed by atoms with Crippen molar-refractivity contribution in [1.82, 2.24) is 0 Å². The van der Waals surface area contributed by atoms with E-state index < -0.39 is 17.8 Å². The molecule has 36 heavy (non-hydrogen) atoms. The summed E-state index contributed by atoms with van der Waals surface area (Å²) < 4.78 is 4.70. The van der Waals surface area contributed by atoms with E-state index in [2.05, 4.69) is 10.6 Å². The van der Waals surface area contributed by atoms with Gasteiger partial charge in [0.2, 0.25) is 0 Å². The van der Waals surface area contributed by atoms with Gasteiger partial charge in [-0.25, -0.2) is 9.69 Å². The Labute approximate surface area is 212 Å². The van der Waals surface area contributed by atoms with Gasteiger partial charge in [0, 0.05) is 16.9 Å². The van der Waals surface area contributed by atoms with Crippen LogP contribution in [0, 0.1) is 13.8 Å². The summed E-state index contributed by atoms with van der Waals surface area (Å²) in [6, 6.07) is 18.0. The average Bonchev–Trinajstić information content (AvgIpc) is 3.09. The minimum absolute atomic E-state index is 0.142. The van der Waals surface area contributed by atoms with Gasteiger partial charge in [0.25, 0.3) is 17.7 Å². The second-order valence-corrected chi connectivity index (χ2v) is 8.51. The maximum absolute atomic E-state index is 13.1. The molecule has 0 radical (unpaired) electrons. The van der Waals surface area contributed by atoms with Crippen LogP contribution in [0.2, 0.25) is 0 Å². The Morgan fingerprint density at radius 1 is 0.833 bits per heavy atom. The number of methoxy groups -OCH3 is 1. The minimum Gasteiger partial charge on any atom is -0.465 e. The molecule has 3 aromatic rings. The third-order valence-electron chi connectivity index (χ3n) is 5.71. The molecule has 0 fully saturated rings. The molecule has 8 nitrogen and oxygen atoms in total. The van der Waals surface area contributed by atoms with Crippen molar-refractivity contribution in [3.05, 3.63) is 99.7 Å². The molecule has 9 heteroatoms. The fourth-order valence-electron chi connectivity index (χ4n) is 3.64. The Morgan fingerprint density at radius 3 is 2.28 bits per heavy atom. The van der Waals surface area contributed by atoms with Crippen LogP contribution in [-0.2, 0) is 14.3 Å². The lowest BCUT2D eigenvalue weighted by Gasteiger charge is -2.16. The van der Waals surface area contributed by atoms with Crippen LogP contribution >= 0.6 is 11.6 Å². The first-order valence-electron chi connectivity index (χ1n) is 10.9. The van der Waals surface area contributed by atoms with Crippen molar-refractivity contribution in [3.8, 4) is 0 Å². The van der Waals surface area contributed by atoms with Crippen molar-refractivity contribution in [2.24, 2.45) is 0 Å². The number of amides is 3. The van der Waals surface area contributed by atoms with Crippen LogP contribution < -0.4 is 15.5 Å². The van der Waals surface area contributed by atoms with E-state index in [1.807, 2.05) is 32.0 Å². The highest BCUT2D eigenvalue weighted by atomic mass is 35.5. The summed E-state index contributed by atoms with van der Waals surface area (Å²) in [7, 11) is 1.23. The molecule has 3 aromatic carbocycles. The molecule has 0 saturated heterocycles. The number of esters is 1. The van der Waals surface area contributed by atoms with Gasteiger partial charge in [-0.1, -0.05) is 29.8 Å². The number of benzene rings is 3. The molecular weight excluding hydrogens is 482 g/mol. The van der Waals surface area contributed by atoms with Crippen molar-refractivity contribution < 1.29 is 23.9 Å². The molecule has 0 aromatic heterocycles. The van der Waals surface area contributed by atoms with E-state index in [4.69, 9.17) is 16.3 Å². The summed E-state index contributed by atoms with van der Waals surface area (Å²) in [5.41, 5.74) is 3.77. The molecule has 1 heterocycles. The first-order valence-corrected chi connectivity index (χ1v) is 11.3. The van der Waals surface area contributed by atoms with Gasteiger partial charge in [0.05, 0.1) is 18.4 Å². The number of nitrogens with one attached hydrogen (secondary N) is 2. The maximum Gasteiger partial charge on any atom is 0.337 e. The fraction of sp³-hybridized carbons (Fsp3) is 0.111. The number of imide groups is 1. The molecule has 182 valence electrons. The van der Waals surface area contributed by atoms with Crippen LogP contribution in [0.15, 0.2) is 77.5 Å². The van der Waals surface area contributed by atoms with E-state index in [9.17, 15) is 19.2 Å². The molecule has 0 atom stereocenters. The van der Waals surface area contributed by atoms with Gasteiger partial charge in [-0.05, 0) is 73.5 Å². The third-order valence-corrected chi connectivity index (χ3v) is 6.06. The standard InChI is InChI=1S/C27H22ClN3O5/c1-15-10-11-20(12-16(15)2)30-24(32)17-6-4-8-19(13-17)29-23-22(28)25(33)31(26(23)34)21-9-5-7-18(14-21)27(35)36-3/h4-14,29H,1-3H3,(H,30,32). The molecule has 0 spiro atoms. The van der Waals surface area contributed by atoms with Gasteiger partial charge in [0.1, 0.15) is 10.7 Å². The second-order valence-electron chi connectivity index (χ2n) is 8.14. The fourth-order valence-corrected chi connectivity index (χ4v) is 3.85. The average molecular weight is 504 g/mol. The van der Waals surface area contributed by atoms with Gasteiger partial charge in [-0.15, -0.1) is 0 Å². The summed E-state index contributed by atoms with van der Waals surface area (Å²) in [6.45, 7) is 3.95. The Morgan fingerprint density at radius 2 is 1.56 bits per heavy atom. The number of rotatable bonds is 6. The van der Waals surface area contributed by atoms with Crippen molar-refractivity contribution in [2.75, 3.05) is 22.6 Å². The number of ether oxygens (including phenoxy) is 1. The number of anilines is 3. The molecule has 4 rings (SSSR count). The Hall–Kier alpha value is -4.43. The third kappa shape index (κ3) is 4.85. The molecule has 1 aliphatic heterocycles. The van der Waals surface area contributed by atoms with Gasteiger partial charge in [-0.3, -0.25) is 14.4 Å². The largest absolute Gasteiger partial charge is 0.465 e. The van der Waals surface area contributed by atoms with Crippen LogP contribution in [0.3, 0.4) is 0 Å². The van der Waals surface area contributed by atoms with Crippen LogP contribution in [-0.4, -0.2) is 30.8 Å². The quantitative estimate of drug-likeness (QED) is 0.370. The maximum atomic E-state index is 13.1. The Balaban J connectivity index is 1.54. The zero-order valence-corrected chi connectivity index (χ0v) is 20.5. The zero-order chi connectivity index (χ0) is 26.0. The Kier molecular flexibility index (Phi) is 6.89. The number of nitrogens with zero attached hydrogens (tertiary/aromatic N) is 1. The van der Waals surface area contributed by atoms with Crippen molar-refractivity contribution in [3.63, 3.8) is 0 Å². The zero-order valence-electron chi connectivity index (χ0n) is 19.7. The molecule has 0 aliphatic carbocycles. The van der Waals surface area contributed by atoms with E-state index in [1.54, 1.807) is 24.3 Å². The van der Waals surface area contributed by atoms with Gasteiger partial charge < -0.3 is 15.4 Å². The van der Waals surface area contributed by atoms with E-state index in [1.165, 1.54) is 31.4 Å². The summed E-state index contributed by atoms with van der Waals surface area (Å²) in [6.07, 6.45) is 0. The molecule has 0 bridgehead atoms. The summed E-state index contributed by atoms with van der Waals surface area (Å²) in [5.74, 6) is -2.38. The van der Waals surface area contributed by atoms with Crippen LogP contribution in [0.25, 0.3) is 0 Å². The van der Waals surface area contributed by atoms with Crippen molar-refractivity contribution in [2.45, 2.75) is 13.8 Å². The van der Waals surface area contributed by atoms with E-state index in [0.29, 0.717) is 16.9 Å². The highest BCUT2D eigenvalue weighted by molar-refractivity contribution is 6.53. The van der Waals surface area contributed by atoms with Gasteiger partial charge >= 0.3 is 5.97 Å². The molecule has 0 saturated carbocycles. The minimum atomic E-state index is -0.741. The van der Waals surface area contributed by atoms with E-state index >= 15 is 0 Å². The first-order chi connectivity index (χ1) is 17.2. The summed E-state index contributed by atoms with van der Waals surface area (Å²) in [4.78, 5) is 51.4. The van der Waals surface area contributed by atoms with Crippen molar-refractivity contribution in [1.29, 1.82) is 0 Å². The predicted molar refractivity (Wildman–Crippen MR) is 137 cm³/mol. The van der Waals surface area contributed by atoms with Crippen LogP contribution in [0.1, 0.15) is 31.8 Å². The van der Waals surface area contributed by atoms with Crippen molar-refractivity contribution >= 4 is 52.4 Å². The van der Waals surface area contributed by atoms with E-state index in [0.717, 1.165) is 16.0 Å². The second kappa shape index (κ2) is 10.1. The number of carbonyl (C=O) groups excluding carboxylic acids is 4. The van der Waals surface area contributed by atoms with Crippen LogP contribution in [0.5, 0.6) is 0 Å². The molecular formula is C27H22ClN3O5. The topological polar surface area (TPSA) is 105 Å². The first kappa shape index (κ1) is 24.7. The monoisotopic (exact) mass is 503 g/mol. The SMILES string of the molecule is COC(=O)c1cccc(N2C(=O)C(Cl)=C(Nc3cccc(C(=O)Nc4ccc(C)c(C)c4)c3)C2=O)c1. The molecule has 3 amide bonds. The highest BCUT2D eigenvalue weighted by Gasteiger charge is 2.39. The van der Waals surface area contributed by atoms with Gasteiger partial charge in [-0.2, -0.15) is 0 Å². The number of aryl methyl sites for hydroxylation is 2. The molecule has 0 unspecified atom stereocenters. The van der Waals surface area contributed by atoms with Gasteiger partial charge in [0.15, 0.2) is 0 Å². The summed E-state index contributed by atoms with van der Waals surface area (Å²) in [5, 5.41) is 5.39. The Bertz CT molecular complexity index is 1450. The lowest BCUT2D eigenvalue weighted by Crippen LogP contribution is -2.32. The number of hydrogen-bond acceptors (Lipinski definition) is 6. The number of halogens is 1. The van der Waals surface area contributed by atoms with Crippen LogP contribution in [0.4, 0.5) is 17.1 Å². The number of hydrogen-bond donors (Lipinski definition) is 2. The predicted octanol–water partition coefficient (Wildman–Crippen LogP) is 4.78. The highest BCUT2D eigenvalue weighted by Crippen LogP contribution is 2.31. The lowest BCUT2D eigenvalue weighted by molar-refractivity contribution is -0.120.